The highest BCUT2D eigenvalue weighted by Crippen LogP contribution is 2.63. The van der Waals surface area contributed by atoms with E-state index in [1.165, 1.54) is 98.8 Å². The Hall–Kier alpha value is -4.86. The molecule has 0 saturated carbocycles. The Morgan fingerprint density at radius 2 is 0.686 bits per heavy atom. The van der Waals surface area contributed by atoms with Gasteiger partial charge >= 0.3 is 0 Å². The Morgan fingerprint density at radius 1 is 0.353 bits per heavy atom. The minimum Gasteiger partial charge on any atom is -0.309 e. The van der Waals surface area contributed by atoms with Crippen LogP contribution in [0.3, 0.4) is 0 Å². The summed E-state index contributed by atoms with van der Waals surface area (Å²) in [5, 5.41) is 2.73. The zero-order valence-corrected chi connectivity index (χ0v) is 31.5. The van der Waals surface area contributed by atoms with Crippen molar-refractivity contribution in [2.24, 2.45) is 0 Å². The van der Waals surface area contributed by atoms with Gasteiger partial charge in [-0.2, -0.15) is 0 Å². The third-order valence-corrected chi connectivity index (χ3v) is 14.5. The summed E-state index contributed by atoms with van der Waals surface area (Å²) in [6, 6.07) is 42.3. The number of para-hydroxylation sites is 4. The summed E-state index contributed by atoms with van der Waals surface area (Å²) in [5.74, 6) is 0. The first-order valence-electron chi connectivity index (χ1n) is 18.5. The van der Waals surface area contributed by atoms with Crippen LogP contribution in [0.1, 0.15) is 99.9 Å². The number of anilines is 6. The van der Waals surface area contributed by atoms with Crippen LogP contribution in [0.5, 0.6) is 0 Å². The van der Waals surface area contributed by atoms with Crippen molar-refractivity contribution in [2.45, 2.75) is 77.0 Å². The van der Waals surface area contributed by atoms with Gasteiger partial charge in [-0.1, -0.05) is 128 Å². The molecule has 51 heavy (non-hydrogen) atoms. The summed E-state index contributed by atoms with van der Waals surface area (Å²) >= 11 is 1.95. The predicted molar refractivity (Wildman–Crippen MR) is 217 cm³/mol. The summed E-state index contributed by atoms with van der Waals surface area (Å²) in [5.41, 5.74) is 18.7. The van der Waals surface area contributed by atoms with Crippen molar-refractivity contribution in [3.8, 4) is 0 Å². The van der Waals surface area contributed by atoms with Gasteiger partial charge in [-0.25, -0.2) is 0 Å². The van der Waals surface area contributed by atoms with Gasteiger partial charge in [0.25, 0.3) is 0 Å². The first kappa shape index (κ1) is 29.8. The van der Waals surface area contributed by atoms with Crippen LogP contribution in [-0.4, -0.2) is 0 Å². The van der Waals surface area contributed by atoms with Crippen molar-refractivity contribution in [1.82, 2.24) is 0 Å². The molecule has 0 aliphatic carbocycles. The lowest BCUT2D eigenvalue weighted by Gasteiger charge is -2.49. The Kier molecular flexibility index (Phi) is 5.34. The second-order valence-corrected chi connectivity index (χ2v) is 18.5. The van der Waals surface area contributed by atoms with Crippen LogP contribution >= 0.6 is 11.3 Å². The molecule has 0 atom stereocenters. The molecule has 2 nitrogen and oxygen atoms in total. The lowest BCUT2D eigenvalue weighted by atomic mass is 9.66. The predicted octanol–water partition coefficient (Wildman–Crippen LogP) is 13.6. The monoisotopic (exact) mass is 678 g/mol. The van der Waals surface area contributed by atoms with Crippen molar-refractivity contribution in [3.63, 3.8) is 0 Å². The summed E-state index contributed by atoms with van der Waals surface area (Å²) in [6.45, 7) is 19.3. The van der Waals surface area contributed by atoms with E-state index in [4.69, 9.17) is 0 Å². The molecule has 250 valence electrons. The zero-order chi connectivity index (χ0) is 35.0. The van der Waals surface area contributed by atoms with Crippen LogP contribution in [0.15, 0.2) is 109 Å². The van der Waals surface area contributed by atoms with E-state index in [0.29, 0.717) is 0 Å². The van der Waals surface area contributed by atoms with E-state index in [1.54, 1.807) is 0 Å². The molecule has 0 radical (unpaired) electrons. The maximum atomic E-state index is 2.59. The lowest BCUT2D eigenvalue weighted by molar-refractivity contribution is 0.597. The molecule has 3 heteroatoms. The Balaban J connectivity index is 1.20. The van der Waals surface area contributed by atoms with Gasteiger partial charge < -0.3 is 9.80 Å². The van der Waals surface area contributed by atoms with E-state index >= 15 is 0 Å². The largest absolute Gasteiger partial charge is 0.309 e. The highest BCUT2D eigenvalue weighted by atomic mass is 32.1. The van der Waals surface area contributed by atoms with Gasteiger partial charge in [-0.05, 0) is 80.9 Å². The maximum Gasteiger partial charge on any atom is 0.0543 e. The number of hydrogen-bond acceptors (Lipinski definition) is 3. The highest BCUT2D eigenvalue weighted by molar-refractivity contribution is 7.25. The first-order chi connectivity index (χ1) is 24.3. The van der Waals surface area contributed by atoms with Crippen LogP contribution < -0.4 is 9.80 Å². The quantitative estimate of drug-likeness (QED) is 0.158. The van der Waals surface area contributed by atoms with Crippen molar-refractivity contribution < 1.29 is 0 Å². The third kappa shape index (κ3) is 3.40. The second kappa shape index (κ2) is 9.13. The molecule has 6 aromatic carbocycles. The smallest absolute Gasteiger partial charge is 0.0543 e. The molecule has 5 heterocycles. The number of thiophene rings is 1. The molecular formula is C48H42N2S. The lowest BCUT2D eigenvalue weighted by Crippen LogP contribution is -2.38. The summed E-state index contributed by atoms with van der Waals surface area (Å²) in [7, 11) is 0. The molecule has 4 aliphatic heterocycles. The molecule has 0 bridgehead atoms. The normalized spacial score (nSPS) is 18.7. The Morgan fingerprint density at radius 3 is 1.08 bits per heavy atom. The van der Waals surface area contributed by atoms with Crippen LogP contribution in [0, 0.1) is 0 Å². The molecule has 11 rings (SSSR count). The average Bonchev–Trinajstić information content (AvgIpc) is 3.46. The fourth-order valence-electron chi connectivity index (χ4n) is 10.5. The van der Waals surface area contributed by atoms with Crippen LogP contribution in [0.4, 0.5) is 34.1 Å². The first-order valence-corrected chi connectivity index (χ1v) is 19.3. The second-order valence-electron chi connectivity index (χ2n) is 17.4. The van der Waals surface area contributed by atoms with E-state index in [2.05, 4.69) is 174 Å². The summed E-state index contributed by atoms with van der Waals surface area (Å²) in [4.78, 5) is 5.18. The molecule has 0 spiro atoms. The van der Waals surface area contributed by atoms with Crippen LogP contribution in [-0.2, 0) is 21.7 Å². The topological polar surface area (TPSA) is 6.48 Å². The standard InChI is InChI=1S/C48H42N2S/c1-45(2)29-15-9-11-21-37(29)49-39-25-41-27(23-35(39)47(5,6)33-19-13-17-31(45)43(33)49)28-24-36-40(26-42(28)51-41)50-38-22-12-10-16-30(38)46(3,4)32-18-14-20-34(44(32)50)48(36,7)8/h9-26H,1-8H3. The maximum absolute atomic E-state index is 2.59. The van der Waals surface area contributed by atoms with Gasteiger partial charge in [0, 0.05) is 41.8 Å². The fraction of sp³-hybridized carbons (Fsp3) is 0.250. The molecular weight excluding hydrogens is 637 g/mol. The molecule has 7 aromatic rings. The molecule has 0 fully saturated rings. The number of rotatable bonds is 0. The minimum atomic E-state index is -0.158. The molecule has 1 aromatic heterocycles. The van der Waals surface area contributed by atoms with Gasteiger partial charge in [-0.3, -0.25) is 0 Å². The number of benzene rings is 6. The summed E-state index contributed by atoms with van der Waals surface area (Å²) in [6.07, 6.45) is 0. The molecule has 4 aliphatic rings. The Bertz CT molecular complexity index is 2530. The summed E-state index contributed by atoms with van der Waals surface area (Å²) < 4.78 is 2.70. The van der Waals surface area contributed by atoms with Gasteiger partial charge in [-0.15, -0.1) is 11.3 Å². The SMILES string of the molecule is CC1(C)c2ccccc2N2c3cc4sc5cc6c(cc5c4cc3C(C)(C)c3cccc1c32)C(C)(C)c1cccc2c1N6c1ccccc1C2(C)C. The number of nitrogens with zero attached hydrogens (tertiary/aromatic N) is 2. The van der Waals surface area contributed by atoms with Gasteiger partial charge in [0.15, 0.2) is 0 Å². The Labute approximate surface area is 305 Å². The van der Waals surface area contributed by atoms with Gasteiger partial charge in [0.2, 0.25) is 0 Å². The fourth-order valence-corrected chi connectivity index (χ4v) is 11.7. The van der Waals surface area contributed by atoms with E-state index in [0.717, 1.165) is 0 Å². The van der Waals surface area contributed by atoms with Crippen molar-refractivity contribution in [1.29, 1.82) is 0 Å². The average molecular weight is 679 g/mol. The van der Waals surface area contributed by atoms with Crippen LogP contribution in [0.25, 0.3) is 20.2 Å². The van der Waals surface area contributed by atoms with Crippen LogP contribution in [0.2, 0.25) is 0 Å². The van der Waals surface area contributed by atoms with E-state index in [9.17, 15) is 0 Å². The number of hydrogen-bond donors (Lipinski definition) is 0. The molecule has 0 N–H and O–H groups in total. The highest BCUT2D eigenvalue weighted by Gasteiger charge is 2.47. The van der Waals surface area contributed by atoms with Crippen molar-refractivity contribution >= 4 is 65.6 Å². The molecule has 0 unspecified atom stereocenters. The van der Waals surface area contributed by atoms with E-state index < -0.39 is 0 Å². The van der Waals surface area contributed by atoms with Crippen molar-refractivity contribution in [2.75, 3.05) is 9.80 Å². The van der Waals surface area contributed by atoms with Gasteiger partial charge in [0.1, 0.15) is 0 Å². The van der Waals surface area contributed by atoms with E-state index in [-0.39, 0.29) is 21.7 Å². The molecule has 0 amide bonds. The van der Waals surface area contributed by atoms with E-state index in [1.807, 2.05) is 11.3 Å². The zero-order valence-electron chi connectivity index (χ0n) is 30.7. The van der Waals surface area contributed by atoms with Gasteiger partial charge in [0.05, 0.1) is 34.1 Å². The number of fused-ring (bicyclic) bond motifs is 11. The molecule has 0 saturated heterocycles. The third-order valence-electron chi connectivity index (χ3n) is 13.4. The minimum absolute atomic E-state index is 0.0840. The van der Waals surface area contributed by atoms with Crippen molar-refractivity contribution in [3.05, 3.63) is 154 Å².